The van der Waals surface area contributed by atoms with Crippen molar-refractivity contribution in [3.05, 3.63) is 83.9 Å². The van der Waals surface area contributed by atoms with E-state index in [1.165, 1.54) is 11.3 Å². The lowest BCUT2D eigenvalue weighted by Crippen LogP contribution is -2.33. The lowest BCUT2D eigenvalue weighted by Gasteiger charge is -2.30. The molecule has 3 heterocycles. The number of benzene rings is 1. The average Bonchev–Trinajstić information content (AvgIpc) is 3.28. The topological polar surface area (TPSA) is 33.1 Å². The van der Waals surface area contributed by atoms with E-state index in [0.29, 0.717) is 5.92 Å². The maximum Gasteiger partial charge on any atom is 0.170 e. The van der Waals surface area contributed by atoms with Crippen LogP contribution in [0.25, 0.3) is 5.69 Å². The Hall–Kier alpha value is -2.66. The van der Waals surface area contributed by atoms with Crippen molar-refractivity contribution in [1.29, 1.82) is 0 Å². The second kappa shape index (κ2) is 7.76. The molecular weight excluding hydrogens is 364 g/mol. The average molecular weight is 391 g/mol. The van der Waals surface area contributed by atoms with Crippen molar-refractivity contribution in [2.45, 2.75) is 32.9 Å². The van der Waals surface area contributed by atoms with Crippen molar-refractivity contribution in [2.24, 2.45) is 5.92 Å². The summed E-state index contributed by atoms with van der Waals surface area (Å²) in [5.41, 5.74) is 4.65. The van der Waals surface area contributed by atoms with Gasteiger partial charge in [0.1, 0.15) is 0 Å². The Morgan fingerprint density at radius 2 is 1.86 bits per heavy atom. The Labute approximate surface area is 172 Å². The molecule has 5 heteroatoms. The predicted octanol–water partition coefficient (Wildman–Crippen LogP) is 4.81. The van der Waals surface area contributed by atoms with Crippen molar-refractivity contribution in [1.82, 2.24) is 19.8 Å². The highest BCUT2D eigenvalue weighted by molar-refractivity contribution is 7.80. The van der Waals surface area contributed by atoms with E-state index in [0.717, 1.165) is 23.0 Å². The van der Waals surface area contributed by atoms with Gasteiger partial charge in [-0.1, -0.05) is 37.6 Å². The summed E-state index contributed by atoms with van der Waals surface area (Å²) in [7, 11) is 0. The molecule has 0 radical (unpaired) electrons. The molecule has 1 aromatic carbocycles. The Kier molecular flexibility index (Phi) is 5.18. The number of nitrogens with zero attached hydrogens (tertiary/aromatic N) is 3. The standard InChI is InChI=1S/C23H26N4S/c1-16(2)15-27-22(21(25-23(27)28)19-7-4-5-13-24-19)20-8-6-14-26(20)18-11-9-17(3)10-12-18/h4-14,16,21-22H,15H2,1-3H3,(H,25,28)/t21-,22-/m1/s1. The van der Waals surface area contributed by atoms with Crippen LogP contribution in [-0.2, 0) is 0 Å². The lowest BCUT2D eigenvalue weighted by molar-refractivity contribution is 0.280. The molecule has 0 bridgehead atoms. The van der Waals surface area contributed by atoms with Gasteiger partial charge in [-0.25, -0.2) is 0 Å². The van der Waals surface area contributed by atoms with Gasteiger partial charge in [0.2, 0.25) is 0 Å². The molecule has 0 amide bonds. The fourth-order valence-corrected chi connectivity index (χ4v) is 4.21. The SMILES string of the molecule is Cc1ccc(-n2cccc2[C@@H]2[C@@H](c3ccccn3)NC(=S)N2CC(C)C)cc1. The first-order valence-electron chi connectivity index (χ1n) is 9.77. The minimum absolute atomic E-state index is 0.0200. The second-order valence-electron chi connectivity index (χ2n) is 7.81. The zero-order chi connectivity index (χ0) is 19.7. The summed E-state index contributed by atoms with van der Waals surface area (Å²) in [6, 6.07) is 19.1. The van der Waals surface area contributed by atoms with Gasteiger partial charge >= 0.3 is 0 Å². The van der Waals surface area contributed by atoms with Gasteiger partial charge in [0.05, 0.1) is 17.8 Å². The maximum absolute atomic E-state index is 5.74. The molecule has 4 rings (SSSR count). The number of aromatic nitrogens is 2. The fraction of sp³-hybridized carbons (Fsp3) is 0.304. The molecule has 1 N–H and O–H groups in total. The van der Waals surface area contributed by atoms with Crippen LogP contribution < -0.4 is 5.32 Å². The highest BCUT2D eigenvalue weighted by Gasteiger charge is 2.41. The first kappa shape index (κ1) is 18.7. The van der Waals surface area contributed by atoms with Crippen LogP contribution >= 0.6 is 12.2 Å². The number of hydrogen-bond donors (Lipinski definition) is 1. The molecule has 4 nitrogen and oxygen atoms in total. The second-order valence-corrected chi connectivity index (χ2v) is 8.20. The molecule has 2 atom stereocenters. The Bertz CT molecular complexity index is 946. The van der Waals surface area contributed by atoms with Gasteiger partial charge in [-0.15, -0.1) is 0 Å². The van der Waals surface area contributed by atoms with Gasteiger partial charge in [0.25, 0.3) is 0 Å². The van der Waals surface area contributed by atoms with Crippen LogP contribution in [0.4, 0.5) is 0 Å². The summed E-state index contributed by atoms with van der Waals surface area (Å²) < 4.78 is 2.27. The van der Waals surface area contributed by atoms with E-state index < -0.39 is 0 Å². The zero-order valence-corrected chi connectivity index (χ0v) is 17.4. The van der Waals surface area contributed by atoms with Gasteiger partial charge in [0.15, 0.2) is 5.11 Å². The largest absolute Gasteiger partial charge is 0.352 e. The fourth-order valence-electron chi connectivity index (χ4n) is 3.89. The molecule has 1 aliphatic rings. The van der Waals surface area contributed by atoms with Crippen LogP contribution in [-0.4, -0.2) is 26.1 Å². The number of rotatable bonds is 5. The van der Waals surface area contributed by atoms with Crippen LogP contribution in [0.2, 0.25) is 0 Å². The maximum atomic E-state index is 5.74. The number of pyridine rings is 1. The van der Waals surface area contributed by atoms with Crippen LogP contribution in [0.5, 0.6) is 0 Å². The number of nitrogens with one attached hydrogen (secondary N) is 1. The smallest absolute Gasteiger partial charge is 0.170 e. The predicted molar refractivity (Wildman–Crippen MR) is 118 cm³/mol. The normalized spacial score (nSPS) is 19.3. The Morgan fingerprint density at radius 3 is 2.54 bits per heavy atom. The lowest BCUT2D eigenvalue weighted by atomic mass is 10.0. The van der Waals surface area contributed by atoms with Crippen molar-refractivity contribution in [2.75, 3.05) is 6.54 Å². The Morgan fingerprint density at radius 1 is 1.07 bits per heavy atom. The molecule has 144 valence electrons. The van der Waals surface area contributed by atoms with E-state index in [2.05, 4.69) is 89.2 Å². The first-order valence-corrected chi connectivity index (χ1v) is 10.2. The van der Waals surface area contributed by atoms with E-state index in [9.17, 15) is 0 Å². The number of aryl methyl sites for hydroxylation is 1. The molecule has 0 saturated carbocycles. The molecule has 0 spiro atoms. The zero-order valence-electron chi connectivity index (χ0n) is 16.5. The van der Waals surface area contributed by atoms with Crippen LogP contribution in [0.3, 0.4) is 0 Å². The number of thiocarbonyl (C=S) groups is 1. The van der Waals surface area contributed by atoms with Crippen LogP contribution in [0.1, 0.15) is 42.9 Å². The molecule has 0 aliphatic carbocycles. The van der Waals surface area contributed by atoms with Gasteiger partial charge in [-0.2, -0.15) is 0 Å². The summed E-state index contributed by atoms with van der Waals surface area (Å²) in [6.45, 7) is 7.47. The summed E-state index contributed by atoms with van der Waals surface area (Å²) in [4.78, 5) is 6.94. The number of hydrogen-bond acceptors (Lipinski definition) is 2. The van der Waals surface area contributed by atoms with E-state index in [1.807, 2.05) is 18.3 Å². The molecule has 1 saturated heterocycles. The third-order valence-electron chi connectivity index (χ3n) is 5.16. The van der Waals surface area contributed by atoms with Crippen molar-refractivity contribution >= 4 is 17.3 Å². The highest BCUT2D eigenvalue weighted by atomic mass is 32.1. The molecular formula is C23H26N4S. The van der Waals surface area contributed by atoms with E-state index in [1.54, 1.807) is 0 Å². The van der Waals surface area contributed by atoms with Gasteiger partial charge in [-0.3, -0.25) is 4.98 Å². The summed E-state index contributed by atoms with van der Waals surface area (Å²) in [5, 5.41) is 4.33. The van der Waals surface area contributed by atoms with Crippen molar-refractivity contribution in [3.63, 3.8) is 0 Å². The van der Waals surface area contributed by atoms with Crippen molar-refractivity contribution < 1.29 is 0 Å². The molecule has 3 aromatic rings. The quantitative estimate of drug-likeness (QED) is 0.634. The minimum atomic E-state index is 0.0200. The van der Waals surface area contributed by atoms with Crippen molar-refractivity contribution in [3.8, 4) is 5.69 Å². The molecule has 1 aliphatic heterocycles. The molecule has 28 heavy (non-hydrogen) atoms. The van der Waals surface area contributed by atoms with Crippen LogP contribution in [0, 0.1) is 12.8 Å². The van der Waals surface area contributed by atoms with E-state index in [-0.39, 0.29) is 12.1 Å². The van der Waals surface area contributed by atoms with Gasteiger partial charge in [-0.05, 0) is 61.5 Å². The third-order valence-corrected chi connectivity index (χ3v) is 5.51. The summed E-state index contributed by atoms with van der Waals surface area (Å²) in [5.74, 6) is 0.507. The molecule has 1 fully saturated rings. The highest BCUT2D eigenvalue weighted by Crippen LogP contribution is 2.39. The van der Waals surface area contributed by atoms with Gasteiger partial charge < -0.3 is 14.8 Å². The van der Waals surface area contributed by atoms with E-state index >= 15 is 0 Å². The monoisotopic (exact) mass is 390 g/mol. The third kappa shape index (κ3) is 3.54. The molecule has 0 unspecified atom stereocenters. The first-order chi connectivity index (χ1) is 13.5. The van der Waals surface area contributed by atoms with Gasteiger partial charge in [0, 0.05) is 30.3 Å². The summed E-state index contributed by atoms with van der Waals surface area (Å²) in [6.07, 6.45) is 3.98. The minimum Gasteiger partial charge on any atom is -0.352 e. The Balaban J connectivity index is 1.80. The van der Waals surface area contributed by atoms with E-state index in [4.69, 9.17) is 12.2 Å². The summed E-state index contributed by atoms with van der Waals surface area (Å²) >= 11 is 5.74. The molecule has 2 aromatic heterocycles. The van der Waals surface area contributed by atoms with Crippen LogP contribution in [0.15, 0.2) is 67.0 Å².